The Hall–Kier alpha value is -1.39. The first-order chi connectivity index (χ1) is 10.0. The summed E-state index contributed by atoms with van der Waals surface area (Å²) in [5, 5.41) is 4.07. The average molecular weight is 371 g/mol. The smallest absolute Gasteiger partial charge is 0.161 e. The largest absolute Gasteiger partial charge is 0.493 e. The van der Waals surface area contributed by atoms with Crippen molar-refractivity contribution >= 4 is 33.2 Å². The van der Waals surface area contributed by atoms with E-state index in [1.165, 1.54) is 0 Å². The van der Waals surface area contributed by atoms with Gasteiger partial charge >= 0.3 is 0 Å². The van der Waals surface area contributed by atoms with Crippen molar-refractivity contribution in [3.05, 3.63) is 51.5 Å². The molecule has 112 valence electrons. The van der Waals surface area contributed by atoms with Gasteiger partial charge in [-0.3, -0.25) is 0 Å². The highest BCUT2D eigenvalue weighted by atomic mass is 79.9. The van der Waals surface area contributed by atoms with E-state index in [9.17, 15) is 0 Å². The number of rotatable bonds is 5. The zero-order valence-corrected chi connectivity index (χ0v) is 14.5. The van der Waals surface area contributed by atoms with Crippen LogP contribution >= 0.6 is 27.5 Å². The summed E-state index contributed by atoms with van der Waals surface area (Å²) in [6.45, 7) is 2.07. The Kier molecular flexibility index (Phi) is 5.37. The molecule has 0 radical (unpaired) electrons. The van der Waals surface area contributed by atoms with Gasteiger partial charge in [0.25, 0.3) is 0 Å². The fourth-order valence-electron chi connectivity index (χ4n) is 2.05. The van der Waals surface area contributed by atoms with Crippen molar-refractivity contribution in [3.8, 4) is 11.5 Å². The minimum absolute atomic E-state index is 0.0866. The summed E-state index contributed by atoms with van der Waals surface area (Å²) in [7, 11) is 3.26. The molecule has 0 aliphatic heterocycles. The molecule has 0 saturated carbocycles. The van der Waals surface area contributed by atoms with E-state index in [4.69, 9.17) is 21.1 Å². The van der Waals surface area contributed by atoms with Crippen LogP contribution in [0.25, 0.3) is 0 Å². The molecule has 21 heavy (non-hydrogen) atoms. The lowest BCUT2D eigenvalue weighted by molar-refractivity contribution is 0.354. The van der Waals surface area contributed by atoms with E-state index in [0.717, 1.165) is 21.5 Å². The highest BCUT2D eigenvalue weighted by molar-refractivity contribution is 9.10. The number of hydrogen-bond donors (Lipinski definition) is 1. The van der Waals surface area contributed by atoms with Crippen LogP contribution in [0.2, 0.25) is 5.02 Å². The van der Waals surface area contributed by atoms with Gasteiger partial charge in [0.15, 0.2) is 11.5 Å². The third-order valence-corrected chi connectivity index (χ3v) is 4.02. The van der Waals surface area contributed by atoms with Crippen molar-refractivity contribution < 1.29 is 9.47 Å². The molecule has 3 nitrogen and oxygen atoms in total. The Morgan fingerprint density at radius 2 is 1.76 bits per heavy atom. The molecule has 1 N–H and O–H groups in total. The van der Waals surface area contributed by atoms with Crippen LogP contribution in [0.15, 0.2) is 40.9 Å². The minimum Gasteiger partial charge on any atom is -0.493 e. The highest BCUT2D eigenvalue weighted by Crippen LogP contribution is 2.33. The zero-order chi connectivity index (χ0) is 15.4. The average Bonchev–Trinajstić information content (AvgIpc) is 2.49. The summed E-state index contributed by atoms with van der Waals surface area (Å²) >= 11 is 9.63. The third kappa shape index (κ3) is 3.83. The summed E-state index contributed by atoms with van der Waals surface area (Å²) in [6.07, 6.45) is 0. The molecule has 0 aromatic heterocycles. The van der Waals surface area contributed by atoms with Crippen LogP contribution in [0.5, 0.6) is 11.5 Å². The quantitative estimate of drug-likeness (QED) is 0.775. The number of anilines is 1. The standard InChI is InChI=1S/C16H17BrClNO2/c1-10(19-14-6-5-12(17)9-13(14)18)11-4-7-15(20-2)16(8-11)21-3/h4-10,19H,1-3H3. The van der Waals surface area contributed by atoms with Gasteiger partial charge in [-0.15, -0.1) is 0 Å². The first-order valence-electron chi connectivity index (χ1n) is 6.48. The SMILES string of the molecule is COc1ccc(C(C)Nc2ccc(Br)cc2Cl)cc1OC. The topological polar surface area (TPSA) is 30.5 Å². The van der Waals surface area contributed by atoms with E-state index in [1.807, 2.05) is 36.4 Å². The molecule has 5 heteroatoms. The Labute approximate surface area is 138 Å². The molecule has 0 bridgehead atoms. The molecule has 1 atom stereocenters. The summed E-state index contributed by atoms with van der Waals surface area (Å²) < 4.78 is 11.5. The number of hydrogen-bond acceptors (Lipinski definition) is 3. The van der Waals surface area contributed by atoms with Crippen LogP contribution in [0.3, 0.4) is 0 Å². The fourth-order valence-corrected chi connectivity index (χ4v) is 2.77. The Morgan fingerprint density at radius 3 is 2.38 bits per heavy atom. The van der Waals surface area contributed by atoms with Gasteiger partial charge in [-0.1, -0.05) is 33.6 Å². The maximum absolute atomic E-state index is 6.23. The molecule has 0 aliphatic carbocycles. The van der Waals surface area contributed by atoms with Crippen LogP contribution in [0.1, 0.15) is 18.5 Å². The van der Waals surface area contributed by atoms with E-state index in [0.29, 0.717) is 10.8 Å². The minimum atomic E-state index is 0.0866. The fraction of sp³-hybridized carbons (Fsp3) is 0.250. The van der Waals surface area contributed by atoms with E-state index in [1.54, 1.807) is 14.2 Å². The molecule has 0 amide bonds. The maximum Gasteiger partial charge on any atom is 0.161 e. The Morgan fingerprint density at radius 1 is 1.05 bits per heavy atom. The normalized spacial score (nSPS) is 11.9. The lowest BCUT2D eigenvalue weighted by Crippen LogP contribution is -2.07. The molecule has 2 rings (SSSR count). The van der Waals surface area contributed by atoms with Crippen molar-refractivity contribution in [1.82, 2.24) is 0 Å². The molecule has 0 saturated heterocycles. The first kappa shape index (κ1) is 16.0. The molecule has 0 spiro atoms. The van der Waals surface area contributed by atoms with Gasteiger partial charge < -0.3 is 14.8 Å². The second-order valence-electron chi connectivity index (χ2n) is 4.60. The van der Waals surface area contributed by atoms with Crippen LogP contribution in [0.4, 0.5) is 5.69 Å². The molecule has 0 heterocycles. The second kappa shape index (κ2) is 7.05. The number of nitrogens with one attached hydrogen (secondary N) is 1. The van der Waals surface area contributed by atoms with Crippen molar-refractivity contribution in [3.63, 3.8) is 0 Å². The lowest BCUT2D eigenvalue weighted by Gasteiger charge is -2.18. The summed E-state index contributed by atoms with van der Waals surface area (Å²) in [4.78, 5) is 0. The third-order valence-electron chi connectivity index (χ3n) is 3.21. The number of ether oxygens (including phenoxy) is 2. The number of benzene rings is 2. The van der Waals surface area contributed by atoms with Crippen molar-refractivity contribution in [1.29, 1.82) is 0 Å². The predicted molar refractivity (Wildman–Crippen MR) is 90.7 cm³/mol. The van der Waals surface area contributed by atoms with Crippen molar-refractivity contribution in [2.45, 2.75) is 13.0 Å². The van der Waals surface area contributed by atoms with E-state index >= 15 is 0 Å². The van der Waals surface area contributed by atoms with E-state index < -0.39 is 0 Å². The molecule has 2 aromatic rings. The Bertz CT molecular complexity index is 634. The lowest BCUT2D eigenvalue weighted by atomic mass is 10.1. The number of methoxy groups -OCH3 is 2. The van der Waals surface area contributed by atoms with Crippen molar-refractivity contribution in [2.24, 2.45) is 0 Å². The molecule has 2 aromatic carbocycles. The molecule has 0 aliphatic rings. The summed E-state index contributed by atoms with van der Waals surface area (Å²) in [5.74, 6) is 1.43. The van der Waals surface area contributed by atoms with Gasteiger partial charge in [0.2, 0.25) is 0 Å². The molecule has 0 fully saturated rings. The van der Waals surface area contributed by atoms with Crippen LogP contribution in [-0.4, -0.2) is 14.2 Å². The van der Waals surface area contributed by atoms with E-state index in [2.05, 4.69) is 28.2 Å². The van der Waals surface area contributed by atoms with Crippen molar-refractivity contribution in [2.75, 3.05) is 19.5 Å². The van der Waals surface area contributed by atoms with Crippen LogP contribution in [0, 0.1) is 0 Å². The Balaban J connectivity index is 2.21. The zero-order valence-electron chi connectivity index (χ0n) is 12.1. The predicted octanol–water partition coefficient (Wildman–Crippen LogP) is 5.29. The van der Waals surface area contributed by atoms with Gasteiger partial charge in [0.1, 0.15) is 0 Å². The maximum atomic E-state index is 6.23. The monoisotopic (exact) mass is 369 g/mol. The van der Waals surface area contributed by atoms with E-state index in [-0.39, 0.29) is 6.04 Å². The highest BCUT2D eigenvalue weighted by Gasteiger charge is 2.11. The second-order valence-corrected chi connectivity index (χ2v) is 5.93. The van der Waals surface area contributed by atoms with Gasteiger partial charge in [-0.25, -0.2) is 0 Å². The van der Waals surface area contributed by atoms with Gasteiger partial charge in [0, 0.05) is 10.5 Å². The van der Waals surface area contributed by atoms with Crippen LogP contribution in [-0.2, 0) is 0 Å². The van der Waals surface area contributed by atoms with Gasteiger partial charge in [-0.05, 0) is 42.8 Å². The van der Waals surface area contributed by atoms with Crippen LogP contribution < -0.4 is 14.8 Å². The molecular formula is C16H17BrClNO2. The summed E-state index contributed by atoms with van der Waals surface area (Å²) in [5.41, 5.74) is 1.98. The molecular weight excluding hydrogens is 354 g/mol. The summed E-state index contributed by atoms with van der Waals surface area (Å²) in [6, 6.07) is 11.7. The first-order valence-corrected chi connectivity index (χ1v) is 7.65. The van der Waals surface area contributed by atoms with Gasteiger partial charge in [-0.2, -0.15) is 0 Å². The van der Waals surface area contributed by atoms with Gasteiger partial charge in [0.05, 0.1) is 24.9 Å². The number of halogens is 2. The molecule has 1 unspecified atom stereocenters.